The molecule has 1 aliphatic heterocycles. The Morgan fingerprint density at radius 1 is 1.32 bits per heavy atom. The lowest BCUT2D eigenvalue weighted by Crippen LogP contribution is -2.28. The van der Waals surface area contributed by atoms with E-state index in [2.05, 4.69) is 0 Å². The molecule has 0 aliphatic carbocycles. The molecule has 0 atom stereocenters. The number of hydrogen-bond donors (Lipinski definition) is 0. The molecular weight excluding hydrogens is 286 g/mol. The van der Waals surface area contributed by atoms with E-state index in [9.17, 15) is 9.59 Å². The molecule has 0 bridgehead atoms. The molecular formula is C16H19NO5. The zero-order valence-electron chi connectivity index (χ0n) is 13.1. The number of hydrogen-bond acceptors (Lipinski definition) is 5. The predicted octanol–water partition coefficient (Wildman–Crippen LogP) is 2.08. The number of aryl methyl sites for hydroxylation is 1. The molecule has 0 N–H and O–H groups in total. The highest BCUT2D eigenvalue weighted by Gasteiger charge is 2.38. The van der Waals surface area contributed by atoms with E-state index in [1.165, 1.54) is 7.11 Å². The minimum absolute atomic E-state index is 0.123. The molecule has 22 heavy (non-hydrogen) atoms. The van der Waals surface area contributed by atoms with Crippen LogP contribution in [0.1, 0.15) is 25.0 Å². The number of benzene rings is 1. The number of esters is 1. The molecule has 118 valence electrons. The van der Waals surface area contributed by atoms with Crippen LogP contribution >= 0.6 is 0 Å². The summed E-state index contributed by atoms with van der Waals surface area (Å²) in [5.74, 6) is -2.33. The fourth-order valence-electron chi connectivity index (χ4n) is 2.05. The largest absolute Gasteiger partial charge is 0.445 e. The van der Waals surface area contributed by atoms with Crippen LogP contribution in [0.2, 0.25) is 0 Å². The fourth-order valence-corrected chi connectivity index (χ4v) is 2.05. The zero-order chi connectivity index (χ0) is 16.3. The van der Waals surface area contributed by atoms with E-state index in [0.29, 0.717) is 0 Å². The summed E-state index contributed by atoms with van der Waals surface area (Å²) in [5, 5.41) is 1.15. The van der Waals surface area contributed by atoms with E-state index in [0.717, 1.165) is 22.3 Å². The second-order valence-corrected chi connectivity index (χ2v) is 5.38. The van der Waals surface area contributed by atoms with Crippen molar-refractivity contribution in [3.8, 4) is 0 Å². The van der Waals surface area contributed by atoms with Gasteiger partial charge in [0.1, 0.15) is 0 Å². The predicted molar refractivity (Wildman–Crippen MR) is 78.1 cm³/mol. The number of carbonyl (C=O) groups excluding carboxylic acids is 2. The Morgan fingerprint density at radius 3 is 2.55 bits per heavy atom. The summed E-state index contributed by atoms with van der Waals surface area (Å²) in [5.41, 5.74) is 1.99. The Labute approximate surface area is 129 Å². The topological polar surface area (TPSA) is 65.1 Å². The Morgan fingerprint density at radius 2 is 2.00 bits per heavy atom. The number of nitrogens with zero attached hydrogens (tertiary/aromatic N) is 1. The van der Waals surface area contributed by atoms with Crippen LogP contribution in [0, 0.1) is 6.92 Å². The normalized spacial score (nSPS) is 18.0. The van der Waals surface area contributed by atoms with Crippen molar-refractivity contribution in [1.29, 1.82) is 0 Å². The lowest BCUT2D eigenvalue weighted by atomic mass is 10.1. The number of carbonyl (C=O) groups is 2. The molecule has 0 aromatic heterocycles. The molecule has 0 saturated carbocycles. The van der Waals surface area contributed by atoms with Gasteiger partial charge >= 0.3 is 5.97 Å². The molecule has 1 heterocycles. The highest BCUT2D eigenvalue weighted by Crippen LogP contribution is 2.26. The van der Waals surface area contributed by atoms with Crippen molar-refractivity contribution >= 4 is 11.9 Å². The Balaban J connectivity index is 2.13. The second kappa shape index (κ2) is 6.19. The summed E-state index contributed by atoms with van der Waals surface area (Å²) in [6.07, 6.45) is 1.08. The molecule has 1 fully saturated rings. The van der Waals surface area contributed by atoms with Crippen LogP contribution in [0.5, 0.6) is 0 Å². The van der Waals surface area contributed by atoms with Crippen LogP contribution in [0.15, 0.2) is 36.1 Å². The summed E-state index contributed by atoms with van der Waals surface area (Å²) in [7, 11) is 1.40. The van der Waals surface area contributed by atoms with Crippen molar-refractivity contribution in [2.45, 2.75) is 33.1 Å². The molecule has 1 amide bonds. The number of ether oxygens (including phenoxy) is 2. The molecule has 1 aromatic carbocycles. The molecule has 0 unspecified atom stereocenters. The van der Waals surface area contributed by atoms with Crippen LogP contribution in [-0.2, 0) is 30.4 Å². The van der Waals surface area contributed by atoms with E-state index in [4.69, 9.17) is 14.3 Å². The van der Waals surface area contributed by atoms with E-state index < -0.39 is 17.7 Å². The lowest BCUT2D eigenvalue weighted by Gasteiger charge is -2.19. The van der Waals surface area contributed by atoms with E-state index in [1.54, 1.807) is 13.8 Å². The van der Waals surface area contributed by atoms with Gasteiger partial charge in [-0.3, -0.25) is 9.63 Å². The maximum absolute atomic E-state index is 12.2. The fraction of sp³-hybridized carbons (Fsp3) is 0.375. The van der Waals surface area contributed by atoms with Gasteiger partial charge in [0.05, 0.1) is 19.7 Å². The number of amides is 1. The molecule has 1 aliphatic rings. The molecule has 6 nitrogen and oxygen atoms in total. The average Bonchev–Trinajstić information content (AvgIpc) is 2.70. The molecule has 0 spiro atoms. The zero-order valence-corrected chi connectivity index (χ0v) is 13.1. The minimum Gasteiger partial charge on any atom is -0.445 e. The Kier molecular flexibility index (Phi) is 4.51. The van der Waals surface area contributed by atoms with Gasteiger partial charge in [-0.25, -0.2) is 9.86 Å². The van der Waals surface area contributed by atoms with Crippen LogP contribution in [0.25, 0.3) is 0 Å². The van der Waals surface area contributed by atoms with Gasteiger partial charge in [-0.2, -0.15) is 0 Å². The first kappa shape index (κ1) is 16.0. The van der Waals surface area contributed by atoms with Gasteiger partial charge in [-0.1, -0.05) is 24.3 Å². The standard InChI is InChI=1S/C16H19NO5/c1-11-7-5-6-8-12(11)10-17(20-4)14(18)9-13-15(19)22-16(2,3)21-13/h5-9H,10H2,1-4H3. The van der Waals surface area contributed by atoms with Crippen molar-refractivity contribution in [3.05, 3.63) is 47.2 Å². The minimum atomic E-state index is -1.06. The van der Waals surface area contributed by atoms with Crippen LogP contribution < -0.4 is 0 Å². The van der Waals surface area contributed by atoms with Crippen molar-refractivity contribution in [1.82, 2.24) is 5.06 Å². The summed E-state index contributed by atoms with van der Waals surface area (Å²) in [6, 6.07) is 7.67. The van der Waals surface area contributed by atoms with Crippen molar-refractivity contribution in [2.75, 3.05) is 7.11 Å². The van der Waals surface area contributed by atoms with Gasteiger partial charge in [0.25, 0.3) is 5.91 Å². The first-order valence-electron chi connectivity index (χ1n) is 6.86. The number of rotatable bonds is 4. The first-order valence-corrected chi connectivity index (χ1v) is 6.86. The summed E-state index contributed by atoms with van der Waals surface area (Å²) in [4.78, 5) is 29.0. The van der Waals surface area contributed by atoms with Gasteiger partial charge in [-0.05, 0) is 18.1 Å². The van der Waals surface area contributed by atoms with Crippen LogP contribution in [-0.4, -0.2) is 29.8 Å². The average molecular weight is 305 g/mol. The summed E-state index contributed by atoms with van der Waals surface area (Å²) >= 11 is 0. The maximum Gasteiger partial charge on any atom is 0.377 e. The maximum atomic E-state index is 12.2. The highest BCUT2D eigenvalue weighted by atomic mass is 16.8. The van der Waals surface area contributed by atoms with Crippen molar-refractivity contribution in [2.24, 2.45) is 0 Å². The van der Waals surface area contributed by atoms with Gasteiger partial charge in [0.2, 0.25) is 11.5 Å². The SMILES string of the molecule is CON(Cc1ccccc1C)C(=O)C=C1OC(C)(C)OC1=O. The van der Waals surface area contributed by atoms with Gasteiger partial charge in [0.15, 0.2) is 0 Å². The highest BCUT2D eigenvalue weighted by molar-refractivity contribution is 5.97. The Bertz CT molecular complexity index is 621. The van der Waals surface area contributed by atoms with Gasteiger partial charge < -0.3 is 9.47 Å². The van der Waals surface area contributed by atoms with E-state index in [1.807, 2.05) is 31.2 Å². The number of hydroxylamine groups is 2. The monoisotopic (exact) mass is 305 g/mol. The third kappa shape index (κ3) is 3.65. The van der Waals surface area contributed by atoms with Crippen molar-refractivity contribution < 1.29 is 23.9 Å². The van der Waals surface area contributed by atoms with Crippen LogP contribution in [0.3, 0.4) is 0 Å². The third-order valence-electron chi connectivity index (χ3n) is 3.19. The smallest absolute Gasteiger partial charge is 0.377 e. The molecule has 6 heteroatoms. The summed E-state index contributed by atoms with van der Waals surface area (Å²) in [6.45, 7) is 5.41. The van der Waals surface area contributed by atoms with Crippen molar-refractivity contribution in [3.63, 3.8) is 0 Å². The number of cyclic esters (lactones) is 1. The van der Waals surface area contributed by atoms with Gasteiger partial charge in [-0.15, -0.1) is 0 Å². The molecule has 1 aromatic rings. The van der Waals surface area contributed by atoms with Crippen LogP contribution in [0.4, 0.5) is 0 Å². The summed E-state index contributed by atoms with van der Waals surface area (Å²) < 4.78 is 10.3. The molecule has 1 saturated heterocycles. The van der Waals surface area contributed by atoms with E-state index >= 15 is 0 Å². The first-order chi connectivity index (χ1) is 10.3. The third-order valence-corrected chi connectivity index (χ3v) is 3.19. The van der Waals surface area contributed by atoms with E-state index in [-0.39, 0.29) is 12.3 Å². The molecule has 2 rings (SSSR count). The second-order valence-electron chi connectivity index (χ2n) is 5.38. The Hall–Kier alpha value is -2.34. The quantitative estimate of drug-likeness (QED) is 0.484. The lowest BCUT2D eigenvalue weighted by molar-refractivity contribution is -0.173. The molecule has 0 radical (unpaired) electrons. The van der Waals surface area contributed by atoms with Gasteiger partial charge in [0, 0.05) is 13.8 Å².